The number of hydrogen-bond donors (Lipinski definition) is 1. The first kappa shape index (κ1) is 18.3. The number of aromatic amines is 1. The van der Waals surface area contributed by atoms with Gasteiger partial charge in [0.2, 0.25) is 0 Å². The van der Waals surface area contributed by atoms with Crippen molar-refractivity contribution in [3.63, 3.8) is 0 Å². The number of nitrogens with zero attached hydrogens (tertiary/aromatic N) is 2. The van der Waals surface area contributed by atoms with Crippen molar-refractivity contribution >= 4 is 28.7 Å². The van der Waals surface area contributed by atoms with Crippen LogP contribution in [0.2, 0.25) is 0 Å². The van der Waals surface area contributed by atoms with Crippen LogP contribution >= 0.6 is 22.6 Å². The molecule has 27 heavy (non-hydrogen) atoms. The monoisotopic (exact) mass is 475 g/mol. The lowest BCUT2D eigenvalue weighted by molar-refractivity contribution is 0.0909. The number of likely N-dealkylation sites (tertiary alicyclic amines) is 1. The smallest absolute Gasteiger partial charge is 0.410 e. The summed E-state index contributed by atoms with van der Waals surface area (Å²) < 4.78 is 6.79. The number of halogens is 1. The molecular weight excluding hydrogens is 453 g/mol. The summed E-state index contributed by atoms with van der Waals surface area (Å²) in [5.74, 6) is 1.16. The number of rotatable bonds is 4. The van der Waals surface area contributed by atoms with Crippen LogP contribution < -0.4 is 0 Å². The van der Waals surface area contributed by atoms with Crippen molar-refractivity contribution < 1.29 is 9.53 Å². The van der Waals surface area contributed by atoms with E-state index in [-0.39, 0.29) is 12.1 Å². The minimum absolute atomic E-state index is 0.0368. The van der Waals surface area contributed by atoms with Gasteiger partial charge in [0.15, 0.2) is 0 Å². The van der Waals surface area contributed by atoms with Crippen molar-refractivity contribution in [3.05, 3.63) is 75.4 Å². The van der Waals surface area contributed by atoms with Crippen LogP contribution in [0.1, 0.15) is 48.3 Å². The zero-order valence-electron chi connectivity index (χ0n) is 15.0. The maximum absolute atomic E-state index is 12.6. The highest BCUT2D eigenvalue weighted by Gasteiger charge is 2.33. The topological polar surface area (TPSA) is 58.2 Å². The maximum Gasteiger partial charge on any atom is 0.410 e. The standard InChI is InChI=1S/C21H22IN3O2/c22-17-10-8-16(9-11-17)18-13-23-20(24-18)19-7-4-12-25(19)21(26)27-14-15-5-2-1-3-6-15/h1-3,5-6,8,10-11,13,16,19H,4,7,9,12,14H2,(H,23,24)/t16?,19-/m0/s1. The number of imidazole rings is 1. The fraction of sp³-hybridized carbons (Fsp3) is 0.333. The average Bonchev–Trinajstić information content (AvgIpc) is 3.37. The Morgan fingerprint density at radius 2 is 2.19 bits per heavy atom. The van der Waals surface area contributed by atoms with Crippen LogP contribution in [0.25, 0.3) is 0 Å². The Balaban J connectivity index is 1.41. The van der Waals surface area contributed by atoms with Crippen LogP contribution in [0, 0.1) is 0 Å². The van der Waals surface area contributed by atoms with E-state index < -0.39 is 0 Å². The van der Waals surface area contributed by atoms with Crippen LogP contribution in [-0.2, 0) is 11.3 Å². The lowest BCUT2D eigenvalue weighted by Crippen LogP contribution is -2.31. The fourth-order valence-corrected chi connectivity index (χ4v) is 4.06. The van der Waals surface area contributed by atoms with E-state index >= 15 is 0 Å². The Morgan fingerprint density at radius 1 is 1.33 bits per heavy atom. The van der Waals surface area contributed by atoms with Crippen molar-refractivity contribution in [2.24, 2.45) is 0 Å². The first-order valence-corrected chi connectivity index (χ1v) is 10.3. The van der Waals surface area contributed by atoms with Crippen molar-refractivity contribution in [2.75, 3.05) is 6.54 Å². The number of carbonyl (C=O) groups is 1. The number of hydrogen-bond acceptors (Lipinski definition) is 3. The molecule has 5 nitrogen and oxygen atoms in total. The number of H-pyrrole nitrogens is 1. The van der Waals surface area contributed by atoms with Gasteiger partial charge in [-0.15, -0.1) is 0 Å². The van der Waals surface area contributed by atoms with Crippen molar-refractivity contribution in [1.82, 2.24) is 14.9 Å². The minimum Gasteiger partial charge on any atom is -0.445 e. The number of carbonyl (C=O) groups excluding carboxylic acids is 1. The molecule has 1 fully saturated rings. The predicted octanol–water partition coefficient (Wildman–Crippen LogP) is 5.25. The number of ether oxygens (including phenoxy) is 1. The predicted molar refractivity (Wildman–Crippen MR) is 112 cm³/mol. The average molecular weight is 475 g/mol. The lowest BCUT2D eigenvalue weighted by atomic mass is 9.98. The second-order valence-electron chi connectivity index (χ2n) is 6.89. The molecule has 0 spiro atoms. The van der Waals surface area contributed by atoms with Crippen LogP contribution in [0.15, 0.2) is 58.3 Å². The SMILES string of the molecule is O=C(OCc1ccccc1)N1CCC[C@H]1c1nc(C2C=CC(I)=CC2)c[nH]1. The summed E-state index contributed by atoms with van der Waals surface area (Å²) in [4.78, 5) is 22.5. The van der Waals surface area contributed by atoms with Gasteiger partial charge in [0, 0.05) is 22.2 Å². The molecule has 140 valence electrons. The van der Waals surface area contributed by atoms with E-state index in [1.807, 2.05) is 36.5 Å². The highest BCUT2D eigenvalue weighted by molar-refractivity contribution is 14.1. The van der Waals surface area contributed by atoms with Gasteiger partial charge in [0.1, 0.15) is 12.4 Å². The molecule has 6 heteroatoms. The van der Waals surface area contributed by atoms with Crippen LogP contribution in [-0.4, -0.2) is 27.5 Å². The fourth-order valence-electron chi connectivity index (χ4n) is 3.60. The Hall–Kier alpha value is -2.09. The highest BCUT2D eigenvalue weighted by Crippen LogP contribution is 2.33. The van der Waals surface area contributed by atoms with Gasteiger partial charge in [-0.25, -0.2) is 9.78 Å². The third-order valence-corrected chi connectivity index (χ3v) is 5.86. The second-order valence-corrected chi connectivity index (χ2v) is 8.14. The molecule has 1 aliphatic carbocycles. The molecule has 1 aromatic carbocycles. The molecule has 0 saturated carbocycles. The van der Waals surface area contributed by atoms with E-state index in [1.54, 1.807) is 4.90 Å². The van der Waals surface area contributed by atoms with Gasteiger partial charge in [-0.1, -0.05) is 48.6 Å². The van der Waals surface area contributed by atoms with Gasteiger partial charge in [0.05, 0.1) is 11.7 Å². The van der Waals surface area contributed by atoms with Crippen LogP contribution in [0.4, 0.5) is 4.79 Å². The molecule has 1 aromatic heterocycles. The van der Waals surface area contributed by atoms with E-state index in [0.717, 1.165) is 36.3 Å². The molecule has 2 heterocycles. The van der Waals surface area contributed by atoms with E-state index in [1.165, 1.54) is 3.58 Å². The normalized spacial score (nSPS) is 22.0. The summed E-state index contributed by atoms with van der Waals surface area (Å²) in [7, 11) is 0. The molecule has 1 aliphatic heterocycles. The number of benzene rings is 1. The van der Waals surface area contributed by atoms with E-state index in [4.69, 9.17) is 9.72 Å². The van der Waals surface area contributed by atoms with Gasteiger partial charge in [0.25, 0.3) is 0 Å². The summed E-state index contributed by atoms with van der Waals surface area (Å²) in [5, 5.41) is 0. The van der Waals surface area contributed by atoms with E-state index in [0.29, 0.717) is 19.1 Å². The Morgan fingerprint density at radius 3 is 2.96 bits per heavy atom. The second kappa shape index (κ2) is 8.29. The molecule has 1 amide bonds. The summed E-state index contributed by atoms with van der Waals surface area (Å²) in [5.41, 5.74) is 2.03. The molecule has 1 unspecified atom stereocenters. The molecule has 0 radical (unpaired) electrons. The third kappa shape index (κ3) is 4.26. The molecule has 2 atom stereocenters. The molecule has 0 bridgehead atoms. The number of aromatic nitrogens is 2. The Kier molecular flexibility index (Phi) is 5.61. The number of nitrogens with one attached hydrogen (secondary N) is 1. The number of allylic oxidation sites excluding steroid dienone is 4. The van der Waals surface area contributed by atoms with Gasteiger partial charge in [-0.2, -0.15) is 0 Å². The van der Waals surface area contributed by atoms with Crippen molar-refractivity contribution in [2.45, 2.75) is 37.8 Å². The molecule has 2 aliphatic rings. The van der Waals surface area contributed by atoms with Crippen LogP contribution in [0.3, 0.4) is 0 Å². The third-order valence-electron chi connectivity index (χ3n) is 5.06. The van der Waals surface area contributed by atoms with Crippen LogP contribution in [0.5, 0.6) is 0 Å². The maximum atomic E-state index is 12.6. The first-order valence-electron chi connectivity index (χ1n) is 9.27. The lowest BCUT2D eigenvalue weighted by Gasteiger charge is -2.22. The zero-order chi connectivity index (χ0) is 18.6. The Labute approximate surface area is 172 Å². The van der Waals surface area contributed by atoms with E-state index in [9.17, 15) is 4.79 Å². The number of amides is 1. The summed E-state index contributed by atoms with van der Waals surface area (Å²) >= 11 is 2.33. The summed E-state index contributed by atoms with van der Waals surface area (Å²) in [6.07, 6.45) is 11.1. The molecular formula is C21H22IN3O2. The largest absolute Gasteiger partial charge is 0.445 e. The quantitative estimate of drug-likeness (QED) is 0.615. The molecule has 2 aromatic rings. The minimum atomic E-state index is -0.269. The molecule has 1 saturated heterocycles. The summed E-state index contributed by atoms with van der Waals surface area (Å²) in [6.45, 7) is 1.00. The van der Waals surface area contributed by atoms with Crippen molar-refractivity contribution in [1.29, 1.82) is 0 Å². The Bertz CT molecular complexity index is 859. The summed E-state index contributed by atoms with van der Waals surface area (Å²) in [6, 6.07) is 9.73. The van der Waals surface area contributed by atoms with Crippen molar-refractivity contribution in [3.8, 4) is 0 Å². The van der Waals surface area contributed by atoms with E-state index in [2.05, 4.69) is 45.8 Å². The van der Waals surface area contributed by atoms with Gasteiger partial charge in [-0.05, 0) is 47.4 Å². The molecule has 4 rings (SSSR count). The first-order chi connectivity index (χ1) is 13.2. The zero-order valence-corrected chi connectivity index (χ0v) is 17.1. The van der Waals surface area contributed by atoms with Gasteiger partial charge < -0.3 is 9.72 Å². The highest BCUT2D eigenvalue weighted by atomic mass is 127. The molecule has 1 N–H and O–H groups in total. The van der Waals surface area contributed by atoms with Gasteiger partial charge in [-0.3, -0.25) is 4.90 Å². The van der Waals surface area contributed by atoms with Gasteiger partial charge >= 0.3 is 6.09 Å².